The highest BCUT2D eigenvalue weighted by molar-refractivity contribution is 6.31. The molecule has 2 unspecified atom stereocenters. The molecule has 0 fully saturated rings. The Morgan fingerprint density at radius 2 is 2.14 bits per heavy atom. The second-order valence-corrected chi connectivity index (χ2v) is 5.74. The lowest BCUT2D eigenvalue weighted by Gasteiger charge is -2.29. The lowest BCUT2D eigenvalue weighted by Crippen LogP contribution is -2.45. The van der Waals surface area contributed by atoms with Crippen molar-refractivity contribution in [2.75, 3.05) is 6.54 Å². The molecule has 0 heterocycles. The quantitative estimate of drug-likeness (QED) is 0.623. The van der Waals surface area contributed by atoms with Crippen LogP contribution in [0.1, 0.15) is 37.6 Å². The van der Waals surface area contributed by atoms with Crippen molar-refractivity contribution in [1.29, 1.82) is 0 Å². The molecule has 1 amide bonds. The molecule has 2 N–H and O–H groups in total. The number of rotatable bonds is 6. The first kappa shape index (κ1) is 17.4. The number of carbonyl (C=O) groups excluding carboxylic acids is 1. The van der Waals surface area contributed by atoms with Gasteiger partial charge in [-0.3, -0.25) is 14.9 Å². The lowest BCUT2D eigenvalue weighted by molar-refractivity contribution is -0.384. The SMILES string of the molecule is CCC(C)C(C)(O)CNC(=O)c1cc(Cl)cc([N+](=O)[O-])c1. The molecule has 2 atom stereocenters. The maximum atomic E-state index is 12.0. The van der Waals surface area contributed by atoms with E-state index in [0.29, 0.717) is 0 Å². The van der Waals surface area contributed by atoms with Crippen molar-refractivity contribution in [3.05, 3.63) is 38.9 Å². The standard InChI is InChI=1S/C14H19ClN2O4/c1-4-9(2)14(3,19)8-16-13(18)10-5-11(15)7-12(6-10)17(20)21/h5-7,9,19H,4,8H2,1-3H3,(H,16,18). The summed E-state index contributed by atoms with van der Waals surface area (Å²) in [5, 5.41) is 23.7. The van der Waals surface area contributed by atoms with Crippen LogP contribution in [0.3, 0.4) is 0 Å². The fourth-order valence-electron chi connectivity index (χ4n) is 1.79. The van der Waals surface area contributed by atoms with E-state index in [1.807, 2.05) is 13.8 Å². The highest BCUT2D eigenvalue weighted by atomic mass is 35.5. The largest absolute Gasteiger partial charge is 0.388 e. The molecular weight excluding hydrogens is 296 g/mol. The van der Waals surface area contributed by atoms with Gasteiger partial charge in [0.05, 0.1) is 10.5 Å². The third-order valence-electron chi connectivity index (χ3n) is 3.64. The number of nitro benzene ring substituents is 1. The van der Waals surface area contributed by atoms with Crippen LogP contribution in [-0.2, 0) is 0 Å². The van der Waals surface area contributed by atoms with Crippen molar-refractivity contribution in [1.82, 2.24) is 5.32 Å². The zero-order valence-electron chi connectivity index (χ0n) is 12.2. The van der Waals surface area contributed by atoms with Gasteiger partial charge in [-0.15, -0.1) is 0 Å². The third kappa shape index (κ3) is 4.68. The lowest BCUT2D eigenvalue weighted by atomic mass is 9.88. The molecular formula is C14H19ClN2O4. The molecule has 21 heavy (non-hydrogen) atoms. The second kappa shape index (κ2) is 6.87. The van der Waals surface area contributed by atoms with Gasteiger partial charge in [0.25, 0.3) is 11.6 Å². The van der Waals surface area contributed by atoms with Gasteiger partial charge in [-0.1, -0.05) is 31.9 Å². The number of benzene rings is 1. The summed E-state index contributed by atoms with van der Waals surface area (Å²) in [5.74, 6) is -0.504. The number of nitrogens with one attached hydrogen (secondary N) is 1. The van der Waals surface area contributed by atoms with E-state index in [0.717, 1.165) is 12.5 Å². The predicted octanol–water partition coefficient (Wildman–Crippen LogP) is 2.78. The average molecular weight is 315 g/mol. The smallest absolute Gasteiger partial charge is 0.271 e. The summed E-state index contributed by atoms with van der Waals surface area (Å²) < 4.78 is 0. The van der Waals surface area contributed by atoms with Gasteiger partial charge in [0.1, 0.15) is 0 Å². The van der Waals surface area contributed by atoms with Crippen LogP contribution in [0.25, 0.3) is 0 Å². The summed E-state index contributed by atoms with van der Waals surface area (Å²) in [6, 6.07) is 3.68. The fourth-order valence-corrected chi connectivity index (χ4v) is 2.02. The van der Waals surface area contributed by atoms with Crippen molar-refractivity contribution in [3.8, 4) is 0 Å². The molecule has 0 spiro atoms. The molecule has 6 nitrogen and oxygen atoms in total. The second-order valence-electron chi connectivity index (χ2n) is 5.30. The summed E-state index contributed by atoms with van der Waals surface area (Å²) in [6.45, 7) is 5.53. The minimum atomic E-state index is -1.05. The van der Waals surface area contributed by atoms with Gasteiger partial charge in [0.15, 0.2) is 0 Å². The first-order valence-corrected chi connectivity index (χ1v) is 7.00. The Morgan fingerprint density at radius 1 is 1.52 bits per heavy atom. The molecule has 116 valence electrons. The van der Waals surface area contributed by atoms with Crippen LogP contribution in [-0.4, -0.2) is 28.1 Å². The highest BCUT2D eigenvalue weighted by Gasteiger charge is 2.27. The number of halogens is 1. The third-order valence-corrected chi connectivity index (χ3v) is 3.85. The summed E-state index contributed by atoms with van der Waals surface area (Å²) >= 11 is 5.77. The Balaban J connectivity index is 2.83. The van der Waals surface area contributed by atoms with Crippen molar-refractivity contribution in [3.63, 3.8) is 0 Å². The molecule has 0 aliphatic rings. The monoisotopic (exact) mass is 314 g/mol. The van der Waals surface area contributed by atoms with Crippen LogP contribution >= 0.6 is 11.6 Å². The molecule has 0 radical (unpaired) electrons. The number of amides is 1. The van der Waals surface area contributed by atoms with Gasteiger partial charge in [-0.2, -0.15) is 0 Å². The van der Waals surface area contributed by atoms with Crippen LogP contribution in [0, 0.1) is 16.0 Å². The van der Waals surface area contributed by atoms with E-state index < -0.39 is 16.4 Å². The van der Waals surface area contributed by atoms with E-state index in [1.165, 1.54) is 12.1 Å². The Bertz CT molecular complexity index is 546. The molecule has 0 bridgehead atoms. The molecule has 0 aliphatic carbocycles. The summed E-state index contributed by atoms with van der Waals surface area (Å²) in [5.41, 5.74) is -1.20. The molecule has 0 aliphatic heterocycles. The first-order chi connectivity index (χ1) is 9.67. The molecule has 1 aromatic rings. The minimum absolute atomic E-state index is 0.00602. The topological polar surface area (TPSA) is 92.5 Å². The summed E-state index contributed by atoms with van der Waals surface area (Å²) in [4.78, 5) is 22.2. The number of hydrogen-bond acceptors (Lipinski definition) is 4. The number of nitro groups is 1. The summed E-state index contributed by atoms with van der Waals surface area (Å²) in [6.07, 6.45) is 0.769. The predicted molar refractivity (Wildman–Crippen MR) is 80.5 cm³/mol. The normalized spacial score (nSPS) is 15.1. The molecule has 0 aromatic heterocycles. The summed E-state index contributed by atoms with van der Waals surface area (Å²) in [7, 11) is 0. The molecule has 7 heteroatoms. The first-order valence-electron chi connectivity index (χ1n) is 6.63. The Morgan fingerprint density at radius 3 is 2.67 bits per heavy atom. The van der Waals surface area contributed by atoms with E-state index in [-0.39, 0.29) is 28.7 Å². The maximum absolute atomic E-state index is 12.0. The van der Waals surface area contributed by atoms with E-state index in [9.17, 15) is 20.0 Å². The Hall–Kier alpha value is -1.66. The van der Waals surface area contributed by atoms with Gasteiger partial charge in [-0.25, -0.2) is 0 Å². The van der Waals surface area contributed by atoms with Crippen molar-refractivity contribution in [2.24, 2.45) is 5.92 Å². The zero-order valence-corrected chi connectivity index (χ0v) is 13.0. The number of nitrogens with zero attached hydrogens (tertiary/aromatic N) is 1. The van der Waals surface area contributed by atoms with Crippen LogP contribution in [0.2, 0.25) is 5.02 Å². The van der Waals surface area contributed by atoms with Crippen LogP contribution in [0.4, 0.5) is 5.69 Å². The molecule has 0 saturated carbocycles. The molecule has 1 rings (SSSR count). The van der Waals surface area contributed by atoms with Crippen LogP contribution in [0.15, 0.2) is 18.2 Å². The average Bonchev–Trinajstić information content (AvgIpc) is 2.43. The number of hydrogen-bond donors (Lipinski definition) is 2. The van der Waals surface area contributed by atoms with Gasteiger partial charge in [0.2, 0.25) is 0 Å². The van der Waals surface area contributed by atoms with Crippen LogP contribution < -0.4 is 5.32 Å². The fraction of sp³-hybridized carbons (Fsp3) is 0.500. The molecule has 1 aromatic carbocycles. The van der Waals surface area contributed by atoms with E-state index in [2.05, 4.69) is 5.32 Å². The van der Waals surface area contributed by atoms with Gasteiger partial charge < -0.3 is 10.4 Å². The minimum Gasteiger partial charge on any atom is -0.388 e. The van der Waals surface area contributed by atoms with E-state index >= 15 is 0 Å². The van der Waals surface area contributed by atoms with Crippen molar-refractivity contribution >= 4 is 23.2 Å². The van der Waals surface area contributed by atoms with Crippen LogP contribution in [0.5, 0.6) is 0 Å². The van der Waals surface area contributed by atoms with E-state index in [1.54, 1.807) is 6.92 Å². The van der Waals surface area contributed by atoms with Crippen molar-refractivity contribution in [2.45, 2.75) is 32.8 Å². The van der Waals surface area contributed by atoms with Gasteiger partial charge in [-0.05, 0) is 18.9 Å². The van der Waals surface area contributed by atoms with Crippen molar-refractivity contribution < 1.29 is 14.8 Å². The maximum Gasteiger partial charge on any atom is 0.271 e. The molecule has 0 saturated heterocycles. The number of aliphatic hydroxyl groups is 1. The highest BCUT2D eigenvalue weighted by Crippen LogP contribution is 2.22. The van der Waals surface area contributed by atoms with Gasteiger partial charge in [0, 0.05) is 29.3 Å². The number of non-ortho nitro benzene ring substituents is 1. The number of carbonyl (C=O) groups is 1. The Labute approximate surface area is 128 Å². The zero-order chi connectivity index (χ0) is 16.2. The van der Waals surface area contributed by atoms with Gasteiger partial charge >= 0.3 is 0 Å². The Kier molecular flexibility index (Phi) is 5.69. The van der Waals surface area contributed by atoms with E-state index in [4.69, 9.17) is 11.6 Å².